The summed E-state index contributed by atoms with van der Waals surface area (Å²) >= 11 is 7.90. The first kappa shape index (κ1) is 12.2. The third-order valence-electron chi connectivity index (χ3n) is 3.07. The molecule has 2 atom stereocenters. The molecule has 1 heterocycles. The Morgan fingerprint density at radius 1 is 1.56 bits per heavy atom. The van der Waals surface area contributed by atoms with Crippen molar-refractivity contribution in [1.29, 1.82) is 0 Å². The summed E-state index contributed by atoms with van der Waals surface area (Å²) in [5, 5.41) is 0.487. The van der Waals surface area contributed by atoms with Crippen LogP contribution < -0.4 is 5.73 Å². The molecule has 0 saturated carbocycles. The monoisotopic (exact) mass is 259 g/mol. The Labute approximate surface area is 105 Å². The first-order valence-electron chi connectivity index (χ1n) is 5.44. The molecule has 2 N–H and O–H groups in total. The van der Waals surface area contributed by atoms with E-state index in [2.05, 4.69) is 0 Å². The Morgan fingerprint density at radius 3 is 3.00 bits per heavy atom. The SMILES string of the molecule is NC(Cc1c(F)cccc1Cl)C1CCSC1. The van der Waals surface area contributed by atoms with Crippen molar-refractivity contribution in [2.75, 3.05) is 11.5 Å². The first-order valence-corrected chi connectivity index (χ1v) is 6.98. The maximum atomic E-state index is 13.6. The summed E-state index contributed by atoms with van der Waals surface area (Å²) in [5.41, 5.74) is 6.67. The molecule has 2 rings (SSSR count). The van der Waals surface area contributed by atoms with Crippen molar-refractivity contribution in [3.05, 3.63) is 34.6 Å². The zero-order valence-corrected chi connectivity index (χ0v) is 10.5. The maximum Gasteiger partial charge on any atom is 0.127 e. The van der Waals surface area contributed by atoms with Gasteiger partial charge in [0.15, 0.2) is 0 Å². The number of halogens is 2. The van der Waals surface area contributed by atoms with Gasteiger partial charge in [-0.3, -0.25) is 0 Å². The van der Waals surface area contributed by atoms with Crippen molar-refractivity contribution >= 4 is 23.4 Å². The summed E-state index contributed by atoms with van der Waals surface area (Å²) in [6, 6.07) is 4.80. The lowest BCUT2D eigenvalue weighted by Gasteiger charge is -2.19. The summed E-state index contributed by atoms with van der Waals surface area (Å²) in [6.45, 7) is 0. The van der Waals surface area contributed by atoms with Crippen molar-refractivity contribution in [1.82, 2.24) is 0 Å². The smallest absolute Gasteiger partial charge is 0.127 e. The zero-order valence-electron chi connectivity index (χ0n) is 8.96. The molecule has 1 nitrogen and oxygen atoms in total. The number of hydrogen-bond acceptors (Lipinski definition) is 2. The van der Waals surface area contributed by atoms with Gasteiger partial charge in [0.25, 0.3) is 0 Å². The average Bonchev–Trinajstić information content (AvgIpc) is 2.76. The molecule has 0 radical (unpaired) electrons. The van der Waals surface area contributed by atoms with Crippen LogP contribution in [0.15, 0.2) is 18.2 Å². The molecule has 2 unspecified atom stereocenters. The molecule has 0 amide bonds. The summed E-state index contributed by atoms with van der Waals surface area (Å²) in [6.07, 6.45) is 1.68. The Hall–Kier alpha value is -0.250. The van der Waals surface area contributed by atoms with Gasteiger partial charge in [-0.2, -0.15) is 11.8 Å². The van der Waals surface area contributed by atoms with Gasteiger partial charge in [0.1, 0.15) is 5.82 Å². The van der Waals surface area contributed by atoms with Gasteiger partial charge < -0.3 is 5.73 Å². The van der Waals surface area contributed by atoms with Crippen LogP contribution in [0.1, 0.15) is 12.0 Å². The minimum absolute atomic E-state index is 0.0180. The Kier molecular flexibility index (Phi) is 4.11. The van der Waals surface area contributed by atoms with Gasteiger partial charge in [0, 0.05) is 16.6 Å². The normalized spacial score (nSPS) is 22.3. The highest BCUT2D eigenvalue weighted by Crippen LogP contribution is 2.28. The van der Waals surface area contributed by atoms with Gasteiger partial charge in [-0.1, -0.05) is 17.7 Å². The molecule has 1 aromatic rings. The van der Waals surface area contributed by atoms with Gasteiger partial charge >= 0.3 is 0 Å². The van der Waals surface area contributed by atoms with Crippen LogP contribution in [0.25, 0.3) is 0 Å². The highest BCUT2D eigenvalue weighted by molar-refractivity contribution is 7.99. The third kappa shape index (κ3) is 2.70. The van der Waals surface area contributed by atoms with E-state index >= 15 is 0 Å². The standard InChI is InChI=1S/C12H15ClFNS/c13-10-2-1-3-11(14)9(10)6-12(15)8-4-5-16-7-8/h1-3,8,12H,4-7,15H2. The largest absolute Gasteiger partial charge is 0.327 e. The second kappa shape index (κ2) is 5.39. The van der Waals surface area contributed by atoms with Crippen LogP contribution in [0, 0.1) is 11.7 Å². The van der Waals surface area contributed by atoms with Crippen molar-refractivity contribution in [3.8, 4) is 0 Å². The van der Waals surface area contributed by atoms with Gasteiger partial charge in [-0.25, -0.2) is 4.39 Å². The minimum atomic E-state index is -0.242. The molecule has 0 spiro atoms. The van der Waals surface area contributed by atoms with Crippen molar-refractivity contribution in [2.45, 2.75) is 18.9 Å². The van der Waals surface area contributed by atoms with Crippen LogP contribution >= 0.6 is 23.4 Å². The lowest BCUT2D eigenvalue weighted by Crippen LogP contribution is -2.32. The average molecular weight is 260 g/mol. The van der Waals surface area contributed by atoms with Crippen LogP contribution in [0.4, 0.5) is 4.39 Å². The topological polar surface area (TPSA) is 26.0 Å². The molecule has 88 valence electrons. The van der Waals surface area contributed by atoms with Crippen LogP contribution in [0.5, 0.6) is 0 Å². The third-order valence-corrected chi connectivity index (χ3v) is 4.61. The number of hydrogen-bond donors (Lipinski definition) is 1. The molecule has 1 aromatic carbocycles. The summed E-state index contributed by atoms with van der Waals surface area (Å²) in [5.74, 6) is 2.52. The molecule has 1 fully saturated rings. The molecular weight excluding hydrogens is 245 g/mol. The molecule has 0 aliphatic carbocycles. The van der Waals surface area contributed by atoms with Gasteiger partial charge in [0.05, 0.1) is 0 Å². The molecule has 0 aromatic heterocycles. The lowest BCUT2D eigenvalue weighted by atomic mass is 9.93. The summed E-state index contributed by atoms with van der Waals surface area (Å²) < 4.78 is 13.6. The van der Waals surface area contributed by atoms with Crippen molar-refractivity contribution in [2.24, 2.45) is 11.7 Å². The number of benzene rings is 1. The second-order valence-electron chi connectivity index (χ2n) is 4.19. The quantitative estimate of drug-likeness (QED) is 0.903. The molecule has 4 heteroatoms. The van der Waals surface area contributed by atoms with E-state index in [1.165, 1.54) is 11.8 Å². The highest BCUT2D eigenvalue weighted by atomic mass is 35.5. The van der Waals surface area contributed by atoms with E-state index in [4.69, 9.17) is 17.3 Å². The second-order valence-corrected chi connectivity index (χ2v) is 5.75. The predicted octanol–water partition coefficient (Wildman–Crippen LogP) is 3.10. The first-order chi connectivity index (χ1) is 7.68. The minimum Gasteiger partial charge on any atom is -0.327 e. The number of thioether (sulfide) groups is 1. The molecular formula is C12H15ClFNS. The molecule has 1 aliphatic rings. The predicted molar refractivity (Wildman–Crippen MR) is 68.5 cm³/mol. The fraction of sp³-hybridized carbons (Fsp3) is 0.500. The molecule has 1 aliphatic heterocycles. The summed E-state index contributed by atoms with van der Waals surface area (Å²) in [7, 11) is 0. The highest BCUT2D eigenvalue weighted by Gasteiger charge is 2.24. The van der Waals surface area contributed by atoms with Crippen LogP contribution in [0.3, 0.4) is 0 Å². The Morgan fingerprint density at radius 2 is 2.38 bits per heavy atom. The van der Waals surface area contributed by atoms with E-state index in [1.54, 1.807) is 12.1 Å². The van der Waals surface area contributed by atoms with Crippen LogP contribution in [-0.4, -0.2) is 17.5 Å². The van der Waals surface area contributed by atoms with E-state index < -0.39 is 0 Å². The van der Waals surface area contributed by atoms with Gasteiger partial charge in [-0.15, -0.1) is 0 Å². The van der Waals surface area contributed by atoms with E-state index in [-0.39, 0.29) is 11.9 Å². The lowest BCUT2D eigenvalue weighted by molar-refractivity contribution is 0.455. The van der Waals surface area contributed by atoms with Crippen LogP contribution in [0.2, 0.25) is 5.02 Å². The Bertz CT molecular complexity index is 346. The number of nitrogens with two attached hydrogens (primary N) is 1. The van der Waals surface area contributed by atoms with Gasteiger partial charge in [-0.05, 0) is 42.4 Å². The fourth-order valence-electron chi connectivity index (χ4n) is 2.02. The van der Waals surface area contributed by atoms with E-state index in [9.17, 15) is 4.39 Å². The van der Waals surface area contributed by atoms with E-state index in [0.717, 1.165) is 12.2 Å². The van der Waals surface area contributed by atoms with Crippen molar-refractivity contribution < 1.29 is 4.39 Å². The summed E-state index contributed by atoms with van der Waals surface area (Å²) in [4.78, 5) is 0. The fourth-order valence-corrected chi connectivity index (χ4v) is 3.61. The maximum absolute atomic E-state index is 13.6. The Balaban J connectivity index is 2.07. The van der Waals surface area contributed by atoms with E-state index in [0.29, 0.717) is 22.9 Å². The zero-order chi connectivity index (χ0) is 11.5. The number of rotatable bonds is 3. The van der Waals surface area contributed by atoms with Crippen molar-refractivity contribution in [3.63, 3.8) is 0 Å². The van der Waals surface area contributed by atoms with Crippen LogP contribution in [-0.2, 0) is 6.42 Å². The molecule has 1 saturated heterocycles. The molecule has 16 heavy (non-hydrogen) atoms. The van der Waals surface area contributed by atoms with Gasteiger partial charge in [0.2, 0.25) is 0 Å². The molecule has 0 bridgehead atoms. The van der Waals surface area contributed by atoms with E-state index in [1.807, 2.05) is 11.8 Å².